The molecule has 7 amide bonds. The van der Waals surface area contributed by atoms with E-state index in [0.29, 0.717) is 32.6 Å². The summed E-state index contributed by atoms with van der Waals surface area (Å²) in [6.45, 7) is 15.9. The monoisotopic (exact) mass is 697 g/mol. The van der Waals surface area contributed by atoms with E-state index < -0.39 is 41.8 Å². The Morgan fingerprint density at radius 3 is 2.32 bits per heavy atom. The topological polar surface area (TPSA) is 169 Å². The summed E-state index contributed by atoms with van der Waals surface area (Å²) in [7, 11) is 0. The van der Waals surface area contributed by atoms with E-state index in [1.807, 2.05) is 20.8 Å². The molecule has 3 aliphatic carbocycles. The maximum absolute atomic E-state index is 14.7. The fourth-order valence-corrected chi connectivity index (χ4v) is 8.38. The first-order chi connectivity index (χ1) is 23.6. The first kappa shape index (κ1) is 37.6. The third kappa shape index (κ3) is 8.62. The summed E-state index contributed by atoms with van der Waals surface area (Å²) >= 11 is 0. The second-order valence-corrected chi connectivity index (χ2v) is 16.9. The van der Waals surface area contributed by atoms with Crippen molar-refractivity contribution in [3.8, 4) is 0 Å². The predicted octanol–water partition coefficient (Wildman–Crippen LogP) is 2.70. The summed E-state index contributed by atoms with van der Waals surface area (Å²) in [5.41, 5.74) is -0.538. The highest BCUT2D eigenvalue weighted by molar-refractivity contribution is 6.38. The van der Waals surface area contributed by atoms with Gasteiger partial charge >= 0.3 is 12.1 Å². The molecule has 13 heteroatoms. The van der Waals surface area contributed by atoms with Crippen LogP contribution in [0.3, 0.4) is 0 Å². The molecule has 3 saturated carbocycles. The summed E-state index contributed by atoms with van der Waals surface area (Å²) in [5, 5.41) is 14.4. The zero-order valence-electron chi connectivity index (χ0n) is 30.6. The predicted molar refractivity (Wildman–Crippen MR) is 189 cm³/mol. The van der Waals surface area contributed by atoms with Crippen LogP contribution in [-0.2, 0) is 19.2 Å². The van der Waals surface area contributed by atoms with E-state index >= 15 is 0 Å². The quantitative estimate of drug-likeness (QED) is 0.138. The summed E-state index contributed by atoms with van der Waals surface area (Å²) in [4.78, 5) is 84.3. The number of amides is 7. The molecule has 0 radical (unpaired) electrons. The third-order valence-corrected chi connectivity index (χ3v) is 11.9. The van der Waals surface area contributed by atoms with Gasteiger partial charge in [0.05, 0.1) is 12.1 Å². The van der Waals surface area contributed by atoms with Crippen LogP contribution >= 0.6 is 0 Å². The van der Waals surface area contributed by atoms with Crippen molar-refractivity contribution in [1.82, 2.24) is 36.4 Å². The average molecular weight is 698 g/mol. The molecule has 5 N–H and O–H groups in total. The number of ketones is 1. The van der Waals surface area contributed by atoms with Gasteiger partial charge in [-0.05, 0) is 60.2 Å². The smallest absolute Gasteiger partial charge is 0.317 e. The average Bonchev–Trinajstić information content (AvgIpc) is 3.93. The van der Waals surface area contributed by atoms with Crippen LogP contribution in [0.1, 0.15) is 92.4 Å². The fraction of sp³-hybridized carbons (Fsp3) is 0.784. The number of fused-ring (bicyclic) bond motifs is 1. The van der Waals surface area contributed by atoms with Crippen LogP contribution in [0.15, 0.2) is 12.7 Å². The molecular formula is C37H59N7O6. The minimum Gasteiger partial charge on any atom is -0.346 e. The molecular weight excluding hydrogens is 638 g/mol. The maximum atomic E-state index is 14.7. The van der Waals surface area contributed by atoms with Gasteiger partial charge in [0.15, 0.2) is 0 Å². The number of nitrogens with one attached hydrogen (secondary N) is 5. The molecule has 5 rings (SSSR count). The van der Waals surface area contributed by atoms with E-state index in [4.69, 9.17) is 0 Å². The molecule has 2 heterocycles. The second kappa shape index (κ2) is 15.3. The van der Waals surface area contributed by atoms with Crippen molar-refractivity contribution in [3.63, 3.8) is 0 Å². The van der Waals surface area contributed by atoms with Gasteiger partial charge in [0.25, 0.3) is 5.91 Å². The summed E-state index contributed by atoms with van der Waals surface area (Å²) < 4.78 is 0. The molecule has 2 aliphatic heterocycles. The SMILES string of the molecule is C=CCNC(=O)C(=O)C(CC1CC1)NC(=O)[C@@H]1[C@@H]2[C@H](CN1C(=O)[C@@H](NC(=O)N[C@H](CN1CCCNC1=O)C(C)(C)C)C1CCCCC1)C2(C)C. The van der Waals surface area contributed by atoms with Crippen molar-refractivity contribution in [1.29, 1.82) is 0 Å². The molecule has 5 aliphatic rings. The van der Waals surface area contributed by atoms with Crippen molar-refractivity contribution < 1.29 is 28.8 Å². The lowest BCUT2D eigenvalue weighted by molar-refractivity contribution is -0.144. The Kier molecular flexibility index (Phi) is 11.5. The highest BCUT2D eigenvalue weighted by atomic mass is 16.2. The molecule has 0 spiro atoms. The lowest BCUT2D eigenvalue weighted by atomic mass is 9.83. The number of likely N-dealkylation sites (tertiary alicyclic amines) is 1. The van der Waals surface area contributed by atoms with Gasteiger partial charge in [-0.15, -0.1) is 6.58 Å². The standard InChI is InChI=1S/C37H59N7O6/c1-7-16-38-32(47)30(45)25(19-22-14-15-22)40-31(46)29-27-24(37(27,5)6)20-44(29)33(48)28(23-12-9-8-10-13-23)42-34(49)41-26(36(2,3)4)21-43-18-11-17-39-35(43)50/h7,22-29H,1,8-21H2,2-6H3,(H,38,47)(H,39,50)(H,40,46)(H2,41,42,49)/t24-,25?,26+,27-,28-,29-/m0/s1. The van der Waals surface area contributed by atoms with Gasteiger partial charge in [-0.2, -0.15) is 0 Å². The Balaban J connectivity index is 1.34. The van der Waals surface area contributed by atoms with Crippen LogP contribution in [0.5, 0.6) is 0 Å². The molecule has 0 bridgehead atoms. The Labute approximate surface area is 296 Å². The Hall–Kier alpha value is -3.64. The molecule has 6 atom stereocenters. The van der Waals surface area contributed by atoms with Crippen molar-refractivity contribution in [2.45, 2.75) is 117 Å². The third-order valence-electron chi connectivity index (χ3n) is 11.9. The van der Waals surface area contributed by atoms with Gasteiger partial charge in [-0.1, -0.05) is 72.8 Å². The van der Waals surface area contributed by atoms with Gasteiger partial charge < -0.3 is 36.4 Å². The highest BCUT2D eigenvalue weighted by Gasteiger charge is 2.69. The van der Waals surface area contributed by atoms with E-state index in [0.717, 1.165) is 51.4 Å². The molecule has 2 saturated heterocycles. The number of nitrogens with zero attached hydrogens (tertiary/aromatic N) is 2. The largest absolute Gasteiger partial charge is 0.346 e. The van der Waals surface area contributed by atoms with E-state index in [1.165, 1.54) is 6.08 Å². The minimum absolute atomic E-state index is 0.0886. The molecule has 50 heavy (non-hydrogen) atoms. The number of carbonyl (C=O) groups is 6. The van der Waals surface area contributed by atoms with Crippen LogP contribution in [0.2, 0.25) is 0 Å². The number of urea groups is 2. The summed E-state index contributed by atoms with van der Waals surface area (Å²) in [5.74, 6) is -1.97. The fourth-order valence-electron chi connectivity index (χ4n) is 8.38. The molecule has 13 nitrogen and oxygen atoms in total. The van der Waals surface area contributed by atoms with Crippen LogP contribution in [0.4, 0.5) is 9.59 Å². The number of rotatable bonds is 14. The van der Waals surface area contributed by atoms with Crippen molar-refractivity contribution >= 4 is 35.6 Å². The van der Waals surface area contributed by atoms with E-state index in [2.05, 4.69) is 47.0 Å². The highest BCUT2D eigenvalue weighted by Crippen LogP contribution is 2.65. The van der Waals surface area contributed by atoms with E-state index in [1.54, 1.807) is 9.80 Å². The van der Waals surface area contributed by atoms with E-state index in [9.17, 15) is 28.8 Å². The summed E-state index contributed by atoms with van der Waals surface area (Å²) in [6.07, 6.45) is 9.12. The van der Waals surface area contributed by atoms with Gasteiger partial charge in [0, 0.05) is 32.7 Å². The second-order valence-electron chi connectivity index (χ2n) is 16.9. The van der Waals surface area contributed by atoms with Crippen LogP contribution in [0, 0.1) is 34.5 Å². The van der Waals surface area contributed by atoms with Crippen molar-refractivity contribution in [3.05, 3.63) is 12.7 Å². The molecule has 0 aromatic heterocycles. The van der Waals surface area contributed by atoms with Gasteiger partial charge in [0.2, 0.25) is 17.6 Å². The van der Waals surface area contributed by atoms with Crippen LogP contribution < -0.4 is 26.6 Å². The van der Waals surface area contributed by atoms with E-state index in [-0.39, 0.29) is 59.0 Å². The Morgan fingerprint density at radius 2 is 1.70 bits per heavy atom. The van der Waals surface area contributed by atoms with Gasteiger partial charge in [-0.3, -0.25) is 19.2 Å². The normalized spacial score (nSPS) is 26.4. The lowest BCUT2D eigenvalue weighted by Crippen LogP contribution is -2.62. The lowest BCUT2D eigenvalue weighted by Gasteiger charge is -2.39. The number of hydrogen-bond acceptors (Lipinski definition) is 6. The first-order valence-electron chi connectivity index (χ1n) is 18.8. The minimum atomic E-state index is -0.980. The molecule has 0 aromatic carbocycles. The maximum Gasteiger partial charge on any atom is 0.317 e. The number of carbonyl (C=O) groups excluding carboxylic acids is 6. The van der Waals surface area contributed by atoms with Gasteiger partial charge in [-0.25, -0.2) is 9.59 Å². The zero-order valence-corrected chi connectivity index (χ0v) is 30.6. The molecule has 1 unspecified atom stereocenters. The number of Topliss-reactive ketones (excluding diaryl/α,β-unsaturated/α-hetero) is 1. The number of hydrogen-bond donors (Lipinski definition) is 5. The van der Waals surface area contributed by atoms with Crippen molar-refractivity contribution in [2.75, 3.05) is 32.7 Å². The molecule has 0 aromatic rings. The Morgan fingerprint density at radius 1 is 1.00 bits per heavy atom. The number of piperidine rings is 1. The first-order valence-corrected chi connectivity index (χ1v) is 18.8. The van der Waals surface area contributed by atoms with Gasteiger partial charge in [0.1, 0.15) is 12.1 Å². The molecule has 5 fully saturated rings. The van der Waals surface area contributed by atoms with Crippen molar-refractivity contribution in [2.24, 2.45) is 34.5 Å². The van der Waals surface area contributed by atoms with Crippen LogP contribution in [-0.4, -0.2) is 102 Å². The zero-order chi connectivity index (χ0) is 36.4. The summed E-state index contributed by atoms with van der Waals surface area (Å²) in [6, 6.07) is -3.63. The Bertz CT molecular complexity index is 1330. The molecule has 278 valence electrons. The van der Waals surface area contributed by atoms with Crippen LogP contribution in [0.25, 0.3) is 0 Å².